The van der Waals surface area contributed by atoms with Gasteiger partial charge in [0.05, 0.1) is 0 Å². The molecule has 1 fully saturated rings. The average Bonchev–Trinajstić information content (AvgIpc) is 2.71. The number of pyridine rings is 1. The van der Waals surface area contributed by atoms with Crippen LogP contribution in [0.1, 0.15) is 49.3 Å². The quantitative estimate of drug-likeness (QED) is 0.792. The molecular formula is C13H17N3O. The zero-order valence-electron chi connectivity index (χ0n) is 10.0. The first-order valence-electron chi connectivity index (χ1n) is 6.33. The van der Waals surface area contributed by atoms with E-state index in [0.717, 1.165) is 11.1 Å². The van der Waals surface area contributed by atoms with E-state index < -0.39 is 0 Å². The summed E-state index contributed by atoms with van der Waals surface area (Å²) < 4.78 is 0. The highest BCUT2D eigenvalue weighted by molar-refractivity contribution is 5.81. The van der Waals surface area contributed by atoms with Crippen molar-refractivity contribution in [2.45, 2.75) is 44.9 Å². The lowest BCUT2D eigenvalue weighted by molar-refractivity contribution is 0.445. The van der Waals surface area contributed by atoms with E-state index in [4.69, 9.17) is 0 Å². The van der Waals surface area contributed by atoms with E-state index in [0.29, 0.717) is 11.6 Å². The molecule has 90 valence electrons. The van der Waals surface area contributed by atoms with E-state index in [1.54, 1.807) is 6.07 Å². The zero-order valence-corrected chi connectivity index (χ0v) is 10.0. The van der Waals surface area contributed by atoms with Crippen LogP contribution in [0.2, 0.25) is 0 Å². The molecule has 0 aromatic carbocycles. The molecule has 2 aromatic heterocycles. The number of H-pyrrole nitrogens is 2. The fourth-order valence-corrected chi connectivity index (χ4v) is 2.97. The molecule has 4 nitrogen and oxygen atoms in total. The molecule has 0 saturated heterocycles. The Morgan fingerprint density at radius 2 is 2.06 bits per heavy atom. The van der Waals surface area contributed by atoms with Crippen molar-refractivity contribution < 1.29 is 0 Å². The first kappa shape index (κ1) is 10.6. The number of aromatic amines is 2. The number of nitrogens with zero attached hydrogens (tertiary/aromatic N) is 1. The Labute approximate surface area is 99.4 Å². The van der Waals surface area contributed by atoms with Gasteiger partial charge in [0.2, 0.25) is 5.56 Å². The highest BCUT2D eigenvalue weighted by Crippen LogP contribution is 2.35. The molecule has 0 atom stereocenters. The van der Waals surface area contributed by atoms with Crippen molar-refractivity contribution in [3.8, 4) is 0 Å². The highest BCUT2D eigenvalue weighted by atomic mass is 16.1. The minimum absolute atomic E-state index is 0.0374. The maximum absolute atomic E-state index is 11.6. The third kappa shape index (κ3) is 1.77. The lowest BCUT2D eigenvalue weighted by Gasteiger charge is -2.22. The van der Waals surface area contributed by atoms with Gasteiger partial charge in [0.25, 0.3) is 0 Å². The predicted molar refractivity (Wildman–Crippen MR) is 67.3 cm³/mol. The van der Waals surface area contributed by atoms with Crippen LogP contribution in [0.5, 0.6) is 0 Å². The van der Waals surface area contributed by atoms with Crippen molar-refractivity contribution in [2.75, 3.05) is 0 Å². The first-order chi connectivity index (χ1) is 8.25. The summed E-state index contributed by atoms with van der Waals surface area (Å²) in [5, 5.41) is 8.24. The molecule has 4 heteroatoms. The fraction of sp³-hybridized carbons (Fsp3) is 0.538. The van der Waals surface area contributed by atoms with Crippen molar-refractivity contribution in [1.82, 2.24) is 15.2 Å². The minimum Gasteiger partial charge on any atom is -0.305 e. The van der Waals surface area contributed by atoms with E-state index in [1.165, 1.54) is 37.7 Å². The van der Waals surface area contributed by atoms with Crippen molar-refractivity contribution in [3.05, 3.63) is 27.7 Å². The van der Waals surface area contributed by atoms with Gasteiger partial charge in [0, 0.05) is 17.1 Å². The Morgan fingerprint density at radius 3 is 2.82 bits per heavy atom. The summed E-state index contributed by atoms with van der Waals surface area (Å²) in [6.07, 6.45) is 6.27. The van der Waals surface area contributed by atoms with Gasteiger partial charge in [0.1, 0.15) is 0 Å². The topological polar surface area (TPSA) is 61.5 Å². The van der Waals surface area contributed by atoms with Crippen molar-refractivity contribution in [3.63, 3.8) is 0 Å². The van der Waals surface area contributed by atoms with Crippen LogP contribution in [0.3, 0.4) is 0 Å². The average molecular weight is 231 g/mol. The fourth-order valence-electron chi connectivity index (χ4n) is 2.97. The smallest absolute Gasteiger partial charge is 0.249 e. The number of nitrogens with one attached hydrogen (secondary N) is 2. The van der Waals surface area contributed by atoms with Gasteiger partial charge in [-0.25, -0.2) is 0 Å². The van der Waals surface area contributed by atoms with E-state index in [2.05, 4.69) is 15.2 Å². The van der Waals surface area contributed by atoms with Crippen LogP contribution in [0.25, 0.3) is 11.0 Å². The van der Waals surface area contributed by atoms with E-state index in [-0.39, 0.29) is 5.56 Å². The minimum atomic E-state index is -0.0374. The molecule has 3 rings (SSSR count). The number of aryl methyl sites for hydroxylation is 1. The molecule has 0 unspecified atom stereocenters. The molecule has 2 heterocycles. The maximum atomic E-state index is 11.6. The number of hydrogen-bond acceptors (Lipinski definition) is 2. The highest BCUT2D eigenvalue weighted by Gasteiger charge is 2.20. The van der Waals surface area contributed by atoms with Crippen molar-refractivity contribution >= 4 is 11.0 Å². The predicted octanol–water partition coefficient (Wildman–Crippen LogP) is 2.61. The summed E-state index contributed by atoms with van der Waals surface area (Å²) in [6.45, 7) is 2.01. The lowest BCUT2D eigenvalue weighted by atomic mass is 9.83. The van der Waals surface area contributed by atoms with Crippen LogP contribution in [0, 0.1) is 6.92 Å². The third-order valence-corrected chi connectivity index (χ3v) is 3.81. The second-order valence-corrected chi connectivity index (χ2v) is 5.00. The molecule has 0 bridgehead atoms. The second kappa shape index (κ2) is 4.02. The van der Waals surface area contributed by atoms with Gasteiger partial charge in [-0.15, -0.1) is 0 Å². The first-order valence-corrected chi connectivity index (χ1v) is 6.33. The molecule has 2 aromatic rings. The van der Waals surface area contributed by atoms with Crippen LogP contribution in [0.15, 0.2) is 10.9 Å². The van der Waals surface area contributed by atoms with Gasteiger partial charge < -0.3 is 4.98 Å². The summed E-state index contributed by atoms with van der Waals surface area (Å²) in [6, 6.07) is 1.76. The number of aromatic nitrogens is 3. The van der Waals surface area contributed by atoms with Crippen molar-refractivity contribution in [1.29, 1.82) is 0 Å². The Morgan fingerprint density at radius 1 is 1.29 bits per heavy atom. The summed E-state index contributed by atoms with van der Waals surface area (Å²) in [7, 11) is 0. The molecule has 1 aliphatic carbocycles. The van der Waals surface area contributed by atoms with E-state index in [1.807, 2.05) is 6.92 Å². The second-order valence-electron chi connectivity index (χ2n) is 5.00. The summed E-state index contributed by atoms with van der Waals surface area (Å²) in [5.41, 5.74) is 2.91. The Bertz CT molecular complexity index is 590. The molecule has 2 N–H and O–H groups in total. The van der Waals surface area contributed by atoms with Gasteiger partial charge >= 0.3 is 0 Å². The van der Waals surface area contributed by atoms with Gasteiger partial charge in [-0.3, -0.25) is 9.89 Å². The molecule has 1 saturated carbocycles. The maximum Gasteiger partial charge on any atom is 0.249 e. The Kier molecular flexibility index (Phi) is 2.50. The molecule has 1 aliphatic rings. The van der Waals surface area contributed by atoms with Gasteiger partial charge in [0.15, 0.2) is 5.65 Å². The molecule has 0 aliphatic heterocycles. The SMILES string of the molecule is Cc1[nH]nc2[nH]c(=O)cc(C3CCCCC3)c12. The monoisotopic (exact) mass is 231 g/mol. The van der Waals surface area contributed by atoms with Crippen LogP contribution >= 0.6 is 0 Å². The number of hydrogen-bond donors (Lipinski definition) is 2. The van der Waals surface area contributed by atoms with Gasteiger partial charge in [-0.1, -0.05) is 19.3 Å². The number of rotatable bonds is 1. The van der Waals surface area contributed by atoms with Gasteiger partial charge in [-0.05, 0) is 31.2 Å². The zero-order chi connectivity index (χ0) is 11.8. The molecule has 0 amide bonds. The third-order valence-electron chi connectivity index (χ3n) is 3.81. The standard InChI is InChI=1S/C13H17N3O/c1-8-12-10(9-5-3-2-4-6-9)7-11(17)14-13(12)16-15-8/h7,9H,2-6H2,1H3,(H2,14,15,16,17). The molecule has 17 heavy (non-hydrogen) atoms. The van der Waals surface area contributed by atoms with Crippen molar-refractivity contribution in [2.24, 2.45) is 0 Å². The Hall–Kier alpha value is -1.58. The van der Waals surface area contributed by atoms with Crippen LogP contribution in [-0.4, -0.2) is 15.2 Å². The van der Waals surface area contributed by atoms with Crippen LogP contribution < -0.4 is 5.56 Å². The molecule has 0 spiro atoms. The van der Waals surface area contributed by atoms with Crippen LogP contribution in [0.4, 0.5) is 0 Å². The summed E-state index contributed by atoms with van der Waals surface area (Å²) in [5.74, 6) is 0.532. The summed E-state index contributed by atoms with van der Waals surface area (Å²) >= 11 is 0. The molecular weight excluding hydrogens is 214 g/mol. The number of fused-ring (bicyclic) bond motifs is 1. The largest absolute Gasteiger partial charge is 0.305 e. The lowest BCUT2D eigenvalue weighted by Crippen LogP contribution is -2.11. The molecule has 0 radical (unpaired) electrons. The van der Waals surface area contributed by atoms with E-state index in [9.17, 15) is 4.79 Å². The Balaban J connectivity index is 2.19. The normalized spacial score (nSPS) is 17.7. The summed E-state index contributed by atoms with van der Waals surface area (Å²) in [4.78, 5) is 14.4. The van der Waals surface area contributed by atoms with E-state index >= 15 is 0 Å². The van der Waals surface area contributed by atoms with Gasteiger partial charge in [-0.2, -0.15) is 5.10 Å². The van der Waals surface area contributed by atoms with Crippen LogP contribution in [-0.2, 0) is 0 Å².